The number of nitrogens with two attached hydrogens (primary N) is 1. The van der Waals surface area contributed by atoms with Crippen molar-refractivity contribution in [3.63, 3.8) is 0 Å². The number of amidine groups is 1. The lowest BCUT2D eigenvalue weighted by atomic mass is 10.2. The Balaban J connectivity index is 2.23. The Morgan fingerprint density at radius 3 is 2.75 bits per heavy atom. The molecule has 4 N–H and O–H groups in total. The van der Waals surface area contributed by atoms with Gasteiger partial charge in [0.25, 0.3) is 5.91 Å². The number of nitrogens with zero attached hydrogens (tertiary/aromatic N) is 1. The van der Waals surface area contributed by atoms with Crippen LogP contribution in [0.15, 0.2) is 44.6 Å². The van der Waals surface area contributed by atoms with Crippen molar-refractivity contribution in [2.75, 3.05) is 5.32 Å². The smallest absolute Gasteiger partial charge is 0.291 e. The molecule has 0 aliphatic carbocycles. The highest BCUT2D eigenvalue weighted by Gasteiger charge is 2.14. The second-order valence-corrected chi connectivity index (χ2v) is 4.92. The largest absolute Gasteiger partial charge is 0.459 e. The van der Waals surface area contributed by atoms with Gasteiger partial charge in [-0.2, -0.15) is 0 Å². The Morgan fingerprint density at radius 1 is 1.45 bits per heavy atom. The summed E-state index contributed by atoms with van der Waals surface area (Å²) in [5.41, 5.74) is 7.33. The molecule has 7 heteroatoms. The van der Waals surface area contributed by atoms with E-state index >= 15 is 0 Å². The fraction of sp³-hybridized carbons (Fsp3) is 0.0769. The van der Waals surface area contributed by atoms with Crippen LogP contribution in [0.2, 0.25) is 0 Å². The molecule has 1 aromatic heterocycles. The molecule has 0 saturated carbocycles. The molecular formula is C13H12BrN3O3. The van der Waals surface area contributed by atoms with Gasteiger partial charge in [0.2, 0.25) is 0 Å². The minimum atomic E-state index is -0.343. The van der Waals surface area contributed by atoms with Crippen molar-refractivity contribution in [1.29, 1.82) is 0 Å². The SMILES string of the molecule is Cc1ccoc1C(=O)Nc1ccc(/C(N)=N/O)cc1Br. The molecule has 0 aliphatic heterocycles. The predicted octanol–water partition coefficient (Wildman–Crippen LogP) is 2.70. The van der Waals surface area contributed by atoms with Gasteiger partial charge in [-0.15, -0.1) is 0 Å². The first-order valence-corrected chi connectivity index (χ1v) is 6.45. The molecule has 104 valence electrons. The number of hydrogen-bond donors (Lipinski definition) is 3. The predicted molar refractivity (Wildman–Crippen MR) is 78.1 cm³/mol. The molecule has 6 nitrogen and oxygen atoms in total. The molecule has 0 unspecified atom stereocenters. The van der Waals surface area contributed by atoms with E-state index in [0.717, 1.165) is 5.56 Å². The maximum atomic E-state index is 12.0. The summed E-state index contributed by atoms with van der Waals surface area (Å²) in [6.45, 7) is 1.79. The third-order valence-corrected chi connectivity index (χ3v) is 3.35. The first-order chi connectivity index (χ1) is 9.52. The van der Waals surface area contributed by atoms with Gasteiger partial charge in [-0.25, -0.2) is 0 Å². The minimum absolute atomic E-state index is 0.00884. The number of oxime groups is 1. The summed E-state index contributed by atoms with van der Waals surface area (Å²) in [5.74, 6) is -0.0902. The van der Waals surface area contributed by atoms with E-state index in [4.69, 9.17) is 15.4 Å². The summed E-state index contributed by atoms with van der Waals surface area (Å²) < 4.78 is 5.73. The number of aryl methyl sites for hydroxylation is 1. The molecule has 0 fully saturated rings. The molecule has 1 amide bonds. The second-order valence-electron chi connectivity index (χ2n) is 4.07. The molecule has 0 aliphatic rings. The monoisotopic (exact) mass is 337 g/mol. The molecule has 0 saturated heterocycles. The van der Waals surface area contributed by atoms with Gasteiger partial charge in [-0.3, -0.25) is 4.79 Å². The number of nitrogens with one attached hydrogen (secondary N) is 1. The number of hydrogen-bond acceptors (Lipinski definition) is 4. The molecule has 2 aromatic rings. The summed E-state index contributed by atoms with van der Waals surface area (Å²) in [7, 11) is 0. The number of amides is 1. The molecule has 20 heavy (non-hydrogen) atoms. The molecule has 2 rings (SSSR count). The lowest BCUT2D eigenvalue weighted by molar-refractivity contribution is 0.0996. The third-order valence-electron chi connectivity index (χ3n) is 2.69. The Kier molecular flexibility index (Phi) is 4.09. The van der Waals surface area contributed by atoms with Crippen LogP contribution in [0.5, 0.6) is 0 Å². The molecule has 1 heterocycles. The van der Waals surface area contributed by atoms with Gasteiger partial charge in [-0.1, -0.05) is 5.16 Å². The fourth-order valence-electron chi connectivity index (χ4n) is 1.62. The van der Waals surface area contributed by atoms with Crippen LogP contribution in [0, 0.1) is 6.92 Å². The minimum Gasteiger partial charge on any atom is -0.459 e. The van der Waals surface area contributed by atoms with E-state index in [2.05, 4.69) is 26.4 Å². The highest BCUT2D eigenvalue weighted by molar-refractivity contribution is 9.10. The van der Waals surface area contributed by atoms with Crippen LogP contribution in [-0.4, -0.2) is 17.0 Å². The first-order valence-electron chi connectivity index (χ1n) is 5.66. The van der Waals surface area contributed by atoms with Crippen molar-refractivity contribution < 1.29 is 14.4 Å². The van der Waals surface area contributed by atoms with Gasteiger partial charge in [0.05, 0.1) is 12.0 Å². The average Bonchev–Trinajstić information content (AvgIpc) is 2.86. The zero-order valence-corrected chi connectivity index (χ0v) is 12.1. The maximum absolute atomic E-state index is 12.0. The zero-order valence-electron chi connectivity index (χ0n) is 10.6. The van der Waals surface area contributed by atoms with Crippen LogP contribution in [0.3, 0.4) is 0 Å². The first kappa shape index (κ1) is 14.1. The number of carbonyl (C=O) groups is 1. The van der Waals surface area contributed by atoms with Gasteiger partial charge in [0, 0.05) is 15.6 Å². The number of anilines is 1. The van der Waals surface area contributed by atoms with Crippen molar-refractivity contribution in [2.45, 2.75) is 6.92 Å². The number of halogens is 1. The molecule has 0 spiro atoms. The van der Waals surface area contributed by atoms with Crippen molar-refractivity contribution >= 4 is 33.4 Å². The van der Waals surface area contributed by atoms with Gasteiger partial charge in [-0.05, 0) is 47.1 Å². The van der Waals surface area contributed by atoms with Crippen LogP contribution in [0.25, 0.3) is 0 Å². The fourth-order valence-corrected chi connectivity index (χ4v) is 2.10. The van der Waals surface area contributed by atoms with Crippen LogP contribution in [0.1, 0.15) is 21.7 Å². The molecule has 0 radical (unpaired) electrons. The summed E-state index contributed by atoms with van der Waals surface area (Å²) in [4.78, 5) is 12.0. The third kappa shape index (κ3) is 2.83. The van der Waals surface area contributed by atoms with Gasteiger partial charge in [0.15, 0.2) is 11.6 Å². The van der Waals surface area contributed by atoms with Gasteiger partial charge < -0.3 is 20.7 Å². The van der Waals surface area contributed by atoms with Crippen LogP contribution < -0.4 is 11.1 Å². The summed E-state index contributed by atoms with van der Waals surface area (Å²) in [6, 6.07) is 6.63. The lowest BCUT2D eigenvalue weighted by Crippen LogP contribution is -2.15. The summed E-state index contributed by atoms with van der Waals surface area (Å²) in [5, 5.41) is 14.2. The standard InChI is InChI=1S/C13H12BrN3O3/c1-7-4-5-20-11(7)13(18)16-10-3-2-8(6-9(10)14)12(15)17-19/h2-6,19H,1H3,(H2,15,17)(H,16,18). The Labute approximate surface area is 123 Å². The summed E-state index contributed by atoms with van der Waals surface area (Å²) >= 11 is 3.32. The molecule has 0 atom stereocenters. The zero-order chi connectivity index (χ0) is 14.7. The van der Waals surface area contributed by atoms with Crippen LogP contribution >= 0.6 is 15.9 Å². The highest BCUT2D eigenvalue weighted by atomic mass is 79.9. The quantitative estimate of drug-likeness (QED) is 0.347. The van der Waals surface area contributed by atoms with E-state index < -0.39 is 0 Å². The highest BCUT2D eigenvalue weighted by Crippen LogP contribution is 2.24. The van der Waals surface area contributed by atoms with E-state index in [-0.39, 0.29) is 17.5 Å². The van der Waals surface area contributed by atoms with E-state index in [1.807, 2.05) is 0 Å². The number of carbonyl (C=O) groups excluding carboxylic acids is 1. The Hall–Kier alpha value is -2.28. The summed E-state index contributed by atoms with van der Waals surface area (Å²) in [6.07, 6.45) is 1.46. The van der Waals surface area contributed by atoms with Crippen molar-refractivity contribution in [3.8, 4) is 0 Å². The number of rotatable bonds is 3. The Bertz CT molecular complexity index is 679. The van der Waals surface area contributed by atoms with E-state index in [1.54, 1.807) is 31.2 Å². The Morgan fingerprint density at radius 2 is 2.20 bits per heavy atom. The molecule has 1 aromatic carbocycles. The second kappa shape index (κ2) is 5.79. The van der Waals surface area contributed by atoms with E-state index in [0.29, 0.717) is 15.7 Å². The van der Waals surface area contributed by atoms with E-state index in [1.165, 1.54) is 6.26 Å². The lowest BCUT2D eigenvalue weighted by Gasteiger charge is -2.08. The van der Waals surface area contributed by atoms with Crippen molar-refractivity contribution in [2.24, 2.45) is 10.9 Å². The molecule has 0 bridgehead atoms. The van der Waals surface area contributed by atoms with Crippen LogP contribution in [0.4, 0.5) is 5.69 Å². The normalized spacial score (nSPS) is 11.4. The van der Waals surface area contributed by atoms with Gasteiger partial charge in [0.1, 0.15) is 0 Å². The topological polar surface area (TPSA) is 101 Å². The van der Waals surface area contributed by atoms with E-state index in [9.17, 15) is 4.79 Å². The van der Waals surface area contributed by atoms with Crippen LogP contribution in [-0.2, 0) is 0 Å². The van der Waals surface area contributed by atoms with Crippen molar-refractivity contribution in [1.82, 2.24) is 0 Å². The average molecular weight is 338 g/mol. The van der Waals surface area contributed by atoms with Gasteiger partial charge >= 0.3 is 0 Å². The molecular weight excluding hydrogens is 326 g/mol. The van der Waals surface area contributed by atoms with Crippen molar-refractivity contribution in [3.05, 3.63) is 51.9 Å². The number of benzene rings is 1. The maximum Gasteiger partial charge on any atom is 0.291 e. The number of furan rings is 1.